The lowest BCUT2D eigenvalue weighted by atomic mass is 9.57. The van der Waals surface area contributed by atoms with Gasteiger partial charge in [-0.05, 0) is 43.9 Å². The van der Waals surface area contributed by atoms with Crippen LogP contribution in [0.3, 0.4) is 0 Å². The van der Waals surface area contributed by atoms with E-state index in [1.54, 1.807) is 5.57 Å². The first-order valence-corrected chi connectivity index (χ1v) is 6.84. The predicted molar refractivity (Wildman–Crippen MR) is 66.3 cm³/mol. The van der Waals surface area contributed by atoms with E-state index in [1.807, 2.05) is 0 Å². The molecule has 2 aliphatic carbocycles. The molecule has 90 valence electrons. The quantitative estimate of drug-likeness (QED) is 0.482. The highest BCUT2D eigenvalue weighted by Crippen LogP contribution is 2.64. The normalized spacial score (nSPS) is 50.7. The van der Waals surface area contributed by atoms with Gasteiger partial charge < -0.3 is 4.74 Å². The number of allylic oxidation sites excluding steroid dienone is 1. The minimum Gasteiger partial charge on any atom is -0.365 e. The summed E-state index contributed by atoms with van der Waals surface area (Å²) in [5.74, 6) is 1.38. The van der Waals surface area contributed by atoms with Crippen LogP contribution in [0.25, 0.3) is 0 Å². The highest BCUT2D eigenvalue weighted by Gasteiger charge is 2.67. The second-order valence-electron chi connectivity index (χ2n) is 6.77. The monoisotopic (exact) mass is 220 g/mol. The Balaban J connectivity index is 1.94. The van der Waals surface area contributed by atoms with E-state index in [1.165, 1.54) is 25.7 Å². The van der Waals surface area contributed by atoms with Crippen LogP contribution in [0.1, 0.15) is 53.4 Å². The summed E-state index contributed by atoms with van der Waals surface area (Å²) in [4.78, 5) is 0. The Hall–Kier alpha value is -0.300. The Kier molecular flexibility index (Phi) is 2.12. The molecule has 3 rings (SSSR count). The Morgan fingerprint density at radius 1 is 1.31 bits per heavy atom. The van der Waals surface area contributed by atoms with Crippen LogP contribution >= 0.6 is 0 Å². The fourth-order valence-electron chi connectivity index (χ4n) is 4.33. The lowest BCUT2D eigenvalue weighted by Gasteiger charge is -2.45. The van der Waals surface area contributed by atoms with Gasteiger partial charge in [0.2, 0.25) is 0 Å². The van der Waals surface area contributed by atoms with Crippen molar-refractivity contribution in [1.29, 1.82) is 0 Å². The minimum atomic E-state index is 0.247. The largest absolute Gasteiger partial charge is 0.365 e. The van der Waals surface area contributed by atoms with Crippen molar-refractivity contribution in [2.75, 3.05) is 0 Å². The van der Waals surface area contributed by atoms with Gasteiger partial charge >= 0.3 is 0 Å². The molecule has 0 aromatic heterocycles. The van der Waals surface area contributed by atoms with Crippen LogP contribution in [0.15, 0.2) is 11.6 Å². The third-order valence-corrected chi connectivity index (χ3v) is 5.56. The van der Waals surface area contributed by atoms with Crippen LogP contribution in [-0.2, 0) is 4.74 Å². The molecular weight excluding hydrogens is 196 g/mol. The van der Waals surface area contributed by atoms with Crippen LogP contribution in [0.5, 0.6) is 0 Å². The number of hydrogen-bond acceptors (Lipinski definition) is 1. The minimum absolute atomic E-state index is 0.247. The van der Waals surface area contributed by atoms with Gasteiger partial charge in [-0.1, -0.05) is 32.4 Å². The van der Waals surface area contributed by atoms with Gasteiger partial charge in [-0.15, -0.1) is 0 Å². The number of rotatable bonds is 1. The summed E-state index contributed by atoms with van der Waals surface area (Å²) in [5, 5.41) is 0. The summed E-state index contributed by atoms with van der Waals surface area (Å²) in [5.41, 5.74) is 2.37. The van der Waals surface area contributed by atoms with Crippen LogP contribution in [0.4, 0.5) is 0 Å². The van der Waals surface area contributed by atoms with Gasteiger partial charge in [0.05, 0.1) is 11.7 Å². The Bertz CT molecular complexity index is 343. The van der Waals surface area contributed by atoms with Crippen molar-refractivity contribution in [1.82, 2.24) is 0 Å². The average Bonchev–Trinajstić information content (AvgIpc) is 2.92. The number of ether oxygens (including phenoxy) is 1. The molecular formula is C15H24O. The Morgan fingerprint density at radius 2 is 2.06 bits per heavy atom. The first-order chi connectivity index (χ1) is 7.50. The lowest BCUT2D eigenvalue weighted by molar-refractivity contribution is 0.114. The third-order valence-electron chi connectivity index (χ3n) is 5.56. The third kappa shape index (κ3) is 1.21. The van der Waals surface area contributed by atoms with Gasteiger partial charge in [0.1, 0.15) is 0 Å². The molecule has 0 bridgehead atoms. The maximum Gasteiger partial charge on any atom is 0.0977 e. The fourth-order valence-corrected chi connectivity index (χ4v) is 4.33. The number of fused-ring (bicyclic) bond motifs is 3. The predicted octanol–water partition coefficient (Wildman–Crippen LogP) is 3.94. The molecule has 2 fully saturated rings. The maximum atomic E-state index is 6.19. The highest BCUT2D eigenvalue weighted by atomic mass is 16.6. The van der Waals surface area contributed by atoms with Crippen LogP contribution in [0.2, 0.25) is 0 Å². The second kappa shape index (κ2) is 3.13. The average molecular weight is 220 g/mol. The van der Waals surface area contributed by atoms with E-state index in [-0.39, 0.29) is 5.60 Å². The summed E-state index contributed by atoms with van der Waals surface area (Å²) in [6.45, 7) is 9.45. The molecule has 0 amide bonds. The van der Waals surface area contributed by atoms with Gasteiger partial charge in [0.25, 0.3) is 0 Å². The first-order valence-electron chi connectivity index (χ1n) is 6.84. The smallest absolute Gasteiger partial charge is 0.0977 e. The molecule has 3 aliphatic rings. The van der Waals surface area contributed by atoms with Gasteiger partial charge in [0.15, 0.2) is 0 Å². The van der Waals surface area contributed by atoms with Crippen molar-refractivity contribution >= 4 is 0 Å². The van der Waals surface area contributed by atoms with E-state index in [0.29, 0.717) is 23.4 Å². The van der Waals surface area contributed by atoms with Crippen LogP contribution < -0.4 is 0 Å². The molecule has 0 radical (unpaired) electrons. The summed E-state index contributed by atoms with van der Waals surface area (Å²) in [6.07, 6.45) is 8.27. The van der Waals surface area contributed by atoms with E-state index in [2.05, 4.69) is 33.8 Å². The van der Waals surface area contributed by atoms with Gasteiger partial charge in [-0.2, -0.15) is 0 Å². The molecule has 1 aliphatic heterocycles. The molecule has 4 atom stereocenters. The van der Waals surface area contributed by atoms with Crippen molar-refractivity contribution in [3.63, 3.8) is 0 Å². The zero-order valence-corrected chi connectivity index (χ0v) is 11.0. The van der Waals surface area contributed by atoms with E-state index in [4.69, 9.17) is 4.74 Å². The molecule has 1 heteroatoms. The molecule has 1 saturated heterocycles. The summed E-state index contributed by atoms with van der Waals surface area (Å²) in [6, 6.07) is 0. The fraction of sp³-hybridized carbons (Fsp3) is 0.867. The molecule has 0 aromatic carbocycles. The van der Waals surface area contributed by atoms with Crippen molar-refractivity contribution < 1.29 is 4.74 Å². The zero-order chi connectivity index (χ0) is 11.6. The van der Waals surface area contributed by atoms with Gasteiger partial charge in [0, 0.05) is 5.92 Å². The van der Waals surface area contributed by atoms with E-state index < -0.39 is 0 Å². The van der Waals surface area contributed by atoms with Crippen molar-refractivity contribution in [2.24, 2.45) is 17.3 Å². The summed E-state index contributed by atoms with van der Waals surface area (Å²) < 4.78 is 6.19. The molecule has 0 spiro atoms. The van der Waals surface area contributed by atoms with E-state index >= 15 is 0 Å². The molecule has 0 aromatic rings. The zero-order valence-electron chi connectivity index (χ0n) is 11.0. The molecule has 1 heterocycles. The number of hydrogen-bond donors (Lipinski definition) is 0. The standard InChI is InChI=1S/C15H24O/c1-10(2)15-9-8-14(4)7-5-6-11(3)12(14)13(15)16-15/h6,10,12-13H,5,7-9H2,1-4H3/t12-,13-,14-,15-/m0/s1. The van der Waals surface area contributed by atoms with Crippen molar-refractivity contribution in [2.45, 2.75) is 65.1 Å². The Labute approximate surface area is 99.3 Å². The van der Waals surface area contributed by atoms with Gasteiger partial charge in [-0.25, -0.2) is 0 Å². The maximum absolute atomic E-state index is 6.19. The Morgan fingerprint density at radius 3 is 2.75 bits per heavy atom. The van der Waals surface area contributed by atoms with Crippen LogP contribution in [-0.4, -0.2) is 11.7 Å². The van der Waals surface area contributed by atoms with Gasteiger partial charge in [-0.3, -0.25) is 0 Å². The molecule has 1 saturated carbocycles. The first kappa shape index (κ1) is 10.8. The molecule has 0 N–H and O–H groups in total. The topological polar surface area (TPSA) is 12.5 Å². The summed E-state index contributed by atoms with van der Waals surface area (Å²) in [7, 11) is 0. The molecule has 0 unspecified atom stereocenters. The molecule has 1 nitrogen and oxygen atoms in total. The summed E-state index contributed by atoms with van der Waals surface area (Å²) >= 11 is 0. The SMILES string of the molecule is CC1=CCC[C@@]2(C)CC[C@@]3(C(C)C)O[C@H]3[C@H]12. The highest BCUT2D eigenvalue weighted by molar-refractivity contribution is 5.26. The lowest BCUT2D eigenvalue weighted by Crippen LogP contribution is -2.44. The van der Waals surface area contributed by atoms with Crippen molar-refractivity contribution in [3.05, 3.63) is 11.6 Å². The molecule has 16 heavy (non-hydrogen) atoms. The van der Waals surface area contributed by atoms with Crippen LogP contribution in [0, 0.1) is 17.3 Å². The second-order valence-corrected chi connectivity index (χ2v) is 6.77. The van der Waals surface area contributed by atoms with E-state index in [9.17, 15) is 0 Å². The number of epoxide rings is 1. The van der Waals surface area contributed by atoms with E-state index in [0.717, 1.165) is 0 Å². The van der Waals surface area contributed by atoms with Crippen molar-refractivity contribution in [3.8, 4) is 0 Å².